The zero-order valence-corrected chi connectivity index (χ0v) is 21.7. The van der Waals surface area contributed by atoms with Gasteiger partial charge in [-0.15, -0.1) is 5.10 Å². The fourth-order valence-electron chi connectivity index (χ4n) is 4.16. The van der Waals surface area contributed by atoms with Crippen LogP contribution in [0.1, 0.15) is 42.5 Å². The highest BCUT2D eigenvalue weighted by atomic mass is 32.2. The fourth-order valence-corrected chi connectivity index (χ4v) is 4.90. The first-order chi connectivity index (χ1) is 17.4. The van der Waals surface area contributed by atoms with Gasteiger partial charge in [0, 0.05) is 29.7 Å². The van der Waals surface area contributed by atoms with Gasteiger partial charge in [0.25, 0.3) is 0 Å². The Balaban J connectivity index is 1.35. The van der Waals surface area contributed by atoms with E-state index in [-0.39, 0.29) is 11.7 Å². The van der Waals surface area contributed by atoms with Crippen molar-refractivity contribution in [1.29, 1.82) is 0 Å². The van der Waals surface area contributed by atoms with Crippen molar-refractivity contribution in [2.24, 2.45) is 0 Å². The van der Waals surface area contributed by atoms with Gasteiger partial charge in [-0.1, -0.05) is 49.9 Å². The lowest BCUT2D eigenvalue weighted by Gasteiger charge is -2.09. The molecule has 0 atom stereocenters. The molecule has 1 amide bonds. The Bertz CT molecular complexity index is 1540. The van der Waals surface area contributed by atoms with Crippen molar-refractivity contribution in [1.82, 2.24) is 29.4 Å². The van der Waals surface area contributed by atoms with Crippen LogP contribution in [0.2, 0.25) is 0 Å². The number of benzene rings is 2. The van der Waals surface area contributed by atoms with Gasteiger partial charge in [-0.2, -0.15) is 9.61 Å². The Morgan fingerprint density at radius 2 is 1.81 bits per heavy atom. The summed E-state index contributed by atoms with van der Waals surface area (Å²) in [4.78, 5) is 22.3. The standard InChI is InChI=1S/C27H29N7OS/c1-17(2)20-9-11-21(12-10-20)28-25(35)16-36-27-29-23-8-6-5-7-22(23)26-30-24(32-34(26)27)13-14-33-19(4)15-18(3)31-33/h5-12,15,17H,13-14,16H2,1-4H3,(H,28,35). The van der Waals surface area contributed by atoms with E-state index in [1.165, 1.54) is 17.3 Å². The average molecular weight is 500 g/mol. The van der Waals surface area contributed by atoms with E-state index in [1.807, 2.05) is 67.1 Å². The van der Waals surface area contributed by atoms with Crippen molar-refractivity contribution in [3.05, 3.63) is 77.4 Å². The SMILES string of the molecule is Cc1cc(C)n(CCc2nc3c4ccccc4nc(SCC(=O)Nc4ccc(C(C)C)cc4)n3n2)n1. The molecule has 0 aliphatic carbocycles. The van der Waals surface area contributed by atoms with Crippen LogP contribution < -0.4 is 5.32 Å². The first-order valence-electron chi connectivity index (χ1n) is 12.1. The molecule has 8 nitrogen and oxygen atoms in total. The summed E-state index contributed by atoms with van der Waals surface area (Å²) < 4.78 is 3.74. The summed E-state index contributed by atoms with van der Waals surface area (Å²) in [5.41, 5.74) is 5.72. The van der Waals surface area contributed by atoms with Gasteiger partial charge in [-0.05, 0) is 55.7 Å². The van der Waals surface area contributed by atoms with Crippen LogP contribution in [0.4, 0.5) is 5.69 Å². The number of aryl methyl sites for hydroxylation is 4. The Hall–Kier alpha value is -3.72. The minimum Gasteiger partial charge on any atom is -0.325 e. The number of hydrogen-bond acceptors (Lipinski definition) is 6. The van der Waals surface area contributed by atoms with Crippen LogP contribution in [0.25, 0.3) is 16.6 Å². The number of carbonyl (C=O) groups excluding carboxylic acids is 1. The topological polar surface area (TPSA) is 90.0 Å². The van der Waals surface area contributed by atoms with Crippen molar-refractivity contribution < 1.29 is 4.79 Å². The molecule has 0 aliphatic heterocycles. The average Bonchev–Trinajstić information content (AvgIpc) is 3.44. The second kappa shape index (κ2) is 10.1. The molecule has 3 aromatic heterocycles. The molecule has 36 heavy (non-hydrogen) atoms. The summed E-state index contributed by atoms with van der Waals surface area (Å²) in [6, 6.07) is 17.9. The number of para-hydroxylation sites is 1. The van der Waals surface area contributed by atoms with E-state index >= 15 is 0 Å². The van der Waals surface area contributed by atoms with Crippen LogP contribution in [0, 0.1) is 13.8 Å². The predicted octanol–water partition coefficient (Wildman–Crippen LogP) is 5.19. The summed E-state index contributed by atoms with van der Waals surface area (Å²) in [6.07, 6.45) is 0.648. The third kappa shape index (κ3) is 5.11. The van der Waals surface area contributed by atoms with E-state index in [0.29, 0.717) is 24.0 Å². The van der Waals surface area contributed by atoms with Crippen LogP contribution in [0.5, 0.6) is 0 Å². The van der Waals surface area contributed by atoms with Crippen LogP contribution in [0.3, 0.4) is 0 Å². The maximum absolute atomic E-state index is 12.7. The van der Waals surface area contributed by atoms with Gasteiger partial charge in [-0.3, -0.25) is 9.48 Å². The maximum atomic E-state index is 12.7. The molecule has 9 heteroatoms. The number of hydrogen-bond donors (Lipinski definition) is 1. The first kappa shape index (κ1) is 24.0. The third-order valence-electron chi connectivity index (χ3n) is 6.04. The van der Waals surface area contributed by atoms with Crippen molar-refractivity contribution >= 4 is 39.9 Å². The van der Waals surface area contributed by atoms with Crippen molar-refractivity contribution in [2.75, 3.05) is 11.1 Å². The Kier molecular flexibility index (Phi) is 6.73. The molecule has 0 aliphatic rings. The van der Waals surface area contributed by atoms with E-state index < -0.39 is 0 Å². The van der Waals surface area contributed by atoms with Crippen molar-refractivity contribution in [3.8, 4) is 0 Å². The molecule has 0 saturated heterocycles. The lowest BCUT2D eigenvalue weighted by molar-refractivity contribution is -0.113. The van der Waals surface area contributed by atoms with E-state index in [9.17, 15) is 4.79 Å². The first-order valence-corrected chi connectivity index (χ1v) is 13.0. The smallest absolute Gasteiger partial charge is 0.234 e. The molecule has 184 valence electrons. The van der Waals surface area contributed by atoms with Crippen LogP contribution in [0.15, 0.2) is 59.8 Å². The molecule has 3 heterocycles. The zero-order chi connectivity index (χ0) is 25.2. The molecular weight excluding hydrogens is 470 g/mol. The highest BCUT2D eigenvalue weighted by Crippen LogP contribution is 2.24. The second-order valence-corrected chi connectivity index (χ2v) is 10.1. The van der Waals surface area contributed by atoms with Gasteiger partial charge in [0.05, 0.1) is 17.0 Å². The fraction of sp³-hybridized carbons (Fsp3) is 0.296. The van der Waals surface area contributed by atoms with Gasteiger partial charge in [-0.25, -0.2) is 9.97 Å². The molecule has 0 saturated carbocycles. The summed E-state index contributed by atoms with van der Waals surface area (Å²) in [6.45, 7) is 9.03. The molecule has 0 bridgehead atoms. The van der Waals surface area contributed by atoms with Gasteiger partial charge >= 0.3 is 0 Å². The number of rotatable bonds is 8. The number of aromatic nitrogens is 6. The van der Waals surface area contributed by atoms with Gasteiger partial charge in [0.1, 0.15) is 0 Å². The zero-order valence-electron chi connectivity index (χ0n) is 20.9. The molecular formula is C27H29N7OS. The summed E-state index contributed by atoms with van der Waals surface area (Å²) in [7, 11) is 0. The van der Waals surface area contributed by atoms with Crippen LogP contribution in [-0.4, -0.2) is 41.0 Å². The normalized spacial score (nSPS) is 11.6. The number of fused-ring (bicyclic) bond motifs is 3. The van der Waals surface area contributed by atoms with E-state index in [4.69, 9.17) is 15.1 Å². The summed E-state index contributed by atoms with van der Waals surface area (Å²) >= 11 is 1.35. The van der Waals surface area contributed by atoms with E-state index in [2.05, 4.69) is 30.3 Å². The van der Waals surface area contributed by atoms with Gasteiger partial charge in [0.2, 0.25) is 5.91 Å². The lowest BCUT2D eigenvalue weighted by atomic mass is 10.0. The Morgan fingerprint density at radius 1 is 1.03 bits per heavy atom. The largest absolute Gasteiger partial charge is 0.325 e. The van der Waals surface area contributed by atoms with Gasteiger partial charge < -0.3 is 5.32 Å². The van der Waals surface area contributed by atoms with E-state index in [0.717, 1.165) is 39.4 Å². The highest BCUT2D eigenvalue weighted by molar-refractivity contribution is 7.99. The lowest BCUT2D eigenvalue weighted by Crippen LogP contribution is -2.14. The molecule has 5 aromatic rings. The van der Waals surface area contributed by atoms with Crippen LogP contribution in [-0.2, 0) is 17.8 Å². The minimum absolute atomic E-state index is 0.0923. The monoisotopic (exact) mass is 499 g/mol. The van der Waals surface area contributed by atoms with Crippen LogP contribution >= 0.6 is 11.8 Å². The number of nitrogens with one attached hydrogen (secondary N) is 1. The molecule has 0 unspecified atom stereocenters. The quantitative estimate of drug-likeness (QED) is 0.233. The minimum atomic E-state index is -0.0923. The van der Waals surface area contributed by atoms with Gasteiger partial charge in [0.15, 0.2) is 16.6 Å². The summed E-state index contributed by atoms with van der Waals surface area (Å²) in [5, 5.41) is 13.8. The molecule has 0 spiro atoms. The molecule has 5 rings (SSSR count). The highest BCUT2D eigenvalue weighted by Gasteiger charge is 2.16. The maximum Gasteiger partial charge on any atom is 0.234 e. The number of amides is 1. The Labute approximate surface area is 214 Å². The number of anilines is 1. The van der Waals surface area contributed by atoms with E-state index in [1.54, 1.807) is 4.52 Å². The number of thioether (sulfide) groups is 1. The predicted molar refractivity (Wildman–Crippen MR) is 144 cm³/mol. The van der Waals surface area contributed by atoms with Crippen molar-refractivity contribution in [2.45, 2.75) is 51.7 Å². The molecule has 1 N–H and O–H groups in total. The molecule has 0 fully saturated rings. The number of carbonyl (C=O) groups is 1. The Morgan fingerprint density at radius 3 is 2.53 bits per heavy atom. The number of nitrogens with zero attached hydrogens (tertiary/aromatic N) is 6. The molecule has 0 radical (unpaired) electrons. The summed E-state index contributed by atoms with van der Waals surface area (Å²) in [5.74, 6) is 1.29. The second-order valence-electron chi connectivity index (χ2n) is 9.19. The molecule has 2 aromatic carbocycles. The van der Waals surface area contributed by atoms with Crippen molar-refractivity contribution in [3.63, 3.8) is 0 Å². The third-order valence-corrected chi connectivity index (χ3v) is 6.97.